The Bertz CT molecular complexity index is 1040. The van der Waals surface area contributed by atoms with Crippen LogP contribution in [0.4, 0.5) is 15.9 Å². The largest absolute Gasteiger partial charge is 0.368 e. The molecule has 2 fully saturated rings. The number of benzene rings is 1. The lowest BCUT2D eigenvalue weighted by atomic mass is 9.95. The van der Waals surface area contributed by atoms with Gasteiger partial charge in [0.1, 0.15) is 30.6 Å². The molecule has 3 aromatic rings. The maximum atomic E-state index is 13.2. The van der Waals surface area contributed by atoms with E-state index in [0.29, 0.717) is 18.9 Å². The number of hydrogen-bond donors (Lipinski definition) is 0. The number of hydrogen-bond acceptors (Lipinski definition) is 7. The van der Waals surface area contributed by atoms with Gasteiger partial charge in [-0.05, 0) is 37.1 Å². The number of anilines is 2. The predicted molar refractivity (Wildman–Crippen MR) is 117 cm³/mol. The van der Waals surface area contributed by atoms with Gasteiger partial charge >= 0.3 is 0 Å². The molecule has 2 aliphatic rings. The molecule has 0 aliphatic carbocycles. The summed E-state index contributed by atoms with van der Waals surface area (Å²) < 4.78 is 14.8. The topological polar surface area (TPSA) is 83.3 Å². The van der Waals surface area contributed by atoms with Crippen LogP contribution in [0, 0.1) is 11.7 Å². The van der Waals surface area contributed by atoms with Crippen molar-refractivity contribution in [2.75, 3.05) is 49.1 Å². The van der Waals surface area contributed by atoms with E-state index < -0.39 is 0 Å². The minimum absolute atomic E-state index is 0.0419. The van der Waals surface area contributed by atoms with E-state index in [1.807, 2.05) is 11.0 Å². The Labute approximate surface area is 185 Å². The third-order valence-corrected chi connectivity index (χ3v) is 6.24. The van der Waals surface area contributed by atoms with Crippen molar-refractivity contribution in [3.05, 3.63) is 55.1 Å². The van der Waals surface area contributed by atoms with Gasteiger partial charge in [0.2, 0.25) is 5.91 Å². The Balaban J connectivity index is 1.14. The van der Waals surface area contributed by atoms with Crippen LogP contribution in [0.1, 0.15) is 12.8 Å². The van der Waals surface area contributed by atoms with Crippen LogP contribution in [0.2, 0.25) is 0 Å². The number of nitrogens with zero attached hydrogens (tertiary/aromatic N) is 8. The van der Waals surface area contributed by atoms with Crippen molar-refractivity contribution in [1.29, 1.82) is 0 Å². The number of carbonyl (C=O) groups is 1. The summed E-state index contributed by atoms with van der Waals surface area (Å²) >= 11 is 0. The molecular weight excluding hydrogens is 411 g/mol. The van der Waals surface area contributed by atoms with Gasteiger partial charge in [-0.15, -0.1) is 0 Å². The average Bonchev–Trinajstić information content (AvgIpc) is 3.40. The van der Waals surface area contributed by atoms with Gasteiger partial charge in [-0.3, -0.25) is 4.79 Å². The van der Waals surface area contributed by atoms with Gasteiger partial charge in [0.15, 0.2) is 5.82 Å². The normalized spacial score (nSPS) is 17.6. The first-order valence-electron chi connectivity index (χ1n) is 10.9. The van der Waals surface area contributed by atoms with E-state index in [2.05, 4.69) is 29.9 Å². The van der Waals surface area contributed by atoms with Crippen LogP contribution < -0.4 is 9.80 Å². The van der Waals surface area contributed by atoms with Crippen molar-refractivity contribution in [3.8, 4) is 5.82 Å². The fourth-order valence-corrected chi connectivity index (χ4v) is 4.41. The molecule has 0 unspecified atom stereocenters. The summed E-state index contributed by atoms with van der Waals surface area (Å²) in [4.78, 5) is 32.1. The molecule has 0 radical (unpaired) electrons. The average molecular weight is 436 g/mol. The maximum Gasteiger partial charge on any atom is 0.225 e. The molecule has 9 nitrogen and oxygen atoms in total. The van der Waals surface area contributed by atoms with Gasteiger partial charge in [0.25, 0.3) is 0 Å². The van der Waals surface area contributed by atoms with E-state index in [-0.39, 0.29) is 17.6 Å². The van der Waals surface area contributed by atoms with Crippen LogP contribution in [0.5, 0.6) is 0 Å². The van der Waals surface area contributed by atoms with Gasteiger partial charge in [-0.2, -0.15) is 5.10 Å². The molecule has 166 valence electrons. The number of carbonyl (C=O) groups excluding carboxylic acids is 1. The molecular formula is C22H25FN8O. The first-order valence-corrected chi connectivity index (χ1v) is 10.9. The molecule has 2 saturated heterocycles. The molecule has 1 amide bonds. The highest BCUT2D eigenvalue weighted by Gasteiger charge is 2.31. The number of halogens is 1. The van der Waals surface area contributed by atoms with Crippen LogP contribution in [0.15, 0.2) is 49.3 Å². The monoisotopic (exact) mass is 436 g/mol. The lowest BCUT2D eigenvalue weighted by Crippen LogP contribution is -2.51. The summed E-state index contributed by atoms with van der Waals surface area (Å²) in [7, 11) is 0. The Kier molecular flexibility index (Phi) is 5.66. The van der Waals surface area contributed by atoms with Gasteiger partial charge in [-0.25, -0.2) is 24.0 Å². The molecule has 32 heavy (non-hydrogen) atoms. The van der Waals surface area contributed by atoms with Crippen molar-refractivity contribution in [1.82, 2.24) is 29.6 Å². The van der Waals surface area contributed by atoms with Gasteiger partial charge < -0.3 is 14.7 Å². The van der Waals surface area contributed by atoms with E-state index in [4.69, 9.17) is 0 Å². The molecule has 2 aliphatic heterocycles. The van der Waals surface area contributed by atoms with Crippen molar-refractivity contribution in [3.63, 3.8) is 0 Å². The second-order valence-electron chi connectivity index (χ2n) is 8.12. The highest BCUT2D eigenvalue weighted by molar-refractivity contribution is 5.79. The van der Waals surface area contributed by atoms with Crippen molar-refractivity contribution in [2.24, 2.45) is 5.92 Å². The third kappa shape index (κ3) is 4.25. The van der Waals surface area contributed by atoms with Crippen LogP contribution in [0.3, 0.4) is 0 Å². The Hall–Kier alpha value is -3.56. The second-order valence-corrected chi connectivity index (χ2v) is 8.12. The number of piperazine rings is 1. The standard InChI is InChI=1S/C22H25FN8O/c23-18-1-3-19(4-2-18)28-9-11-30(12-10-28)22(32)17-5-7-29(8-6-17)20-13-21(26-15-25-20)31-16-24-14-27-31/h1-4,13-17H,5-12H2. The molecule has 0 atom stereocenters. The molecule has 1 aromatic carbocycles. The van der Waals surface area contributed by atoms with Crippen molar-refractivity contribution in [2.45, 2.75) is 12.8 Å². The number of aromatic nitrogens is 5. The molecule has 0 spiro atoms. The predicted octanol–water partition coefficient (Wildman–Crippen LogP) is 1.76. The van der Waals surface area contributed by atoms with Crippen LogP contribution >= 0.6 is 0 Å². The van der Waals surface area contributed by atoms with Crippen molar-refractivity contribution >= 4 is 17.4 Å². The molecule has 0 N–H and O–H groups in total. The van der Waals surface area contributed by atoms with Gasteiger partial charge in [0.05, 0.1) is 0 Å². The number of amides is 1. The first-order chi connectivity index (χ1) is 15.7. The van der Waals surface area contributed by atoms with Gasteiger partial charge in [0, 0.05) is 56.9 Å². The first kappa shape index (κ1) is 20.3. The highest BCUT2D eigenvalue weighted by atomic mass is 19.1. The Morgan fingerprint density at radius 1 is 0.875 bits per heavy atom. The van der Waals surface area contributed by atoms with Crippen molar-refractivity contribution < 1.29 is 9.18 Å². The summed E-state index contributed by atoms with van der Waals surface area (Å²) in [5.41, 5.74) is 1.00. The molecule has 0 bridgehead atoms. The molecule has 10 heteroatoms. The number of rotatable bonds is 4. The summed E-state index contributed by atoms with van der Waals surface area (Å²) in [6.07, 6.45) is 6.22. The number of piperidine rings is 1. The van der Waals surface area contributed by atoms with Crippen LogP contribution in [-0.4, -0.2) is 74.8 Å². The Morgan fingerprint density at radius 2 is 1.59 bits per heavy atom. The fourth-order valence-electron chi connectivity index (χ4n) is 4.41. The Morgan fingerprint density at radius 3 is 2.28 bits per heavy atom. The summed E-state index contributed by atoms with van der Waals surface area (Å²) in [6.45, 7) is 4.48. The molecule has 2 aromatic heterocycles. The highest BCUT2D eigenvalue weighted by Crippen LogP contribution is 2.25. The van der Waals surface area contributed by atoms with Gasteiger partial charge in [-0.1, -0.05) is 0 Å². The lowest BCUT2D eigenvalue weighted by molar-refractivity contribution is -0.136. The zero-order valence-electron chi connectivity index (χ0n) is 17.7. The molecule has 4 heterocycles. The smallest absolute Gasteiger partial charge is 0.225 e. The molecule has 5 rings (SSSR count). The fraction of sp³-hybridized carbons (Fsp3) is 0.409. The van der Waals surface area contributed by atoms with E-state index in [1.54, 1.807) is 23.1 Å². The lowest BCUT2D eigenvalue weighted by Gasteiger charge is -2.39. The van der Waals surface area contributed by atoms with E-state index in [0.717, 1.165) is 50.5 Å². The maximum absolute atomic E-state index is 13.2. The minimum atomic E-state index is -0.231. The van der Waals surface area contributed by atoms with E-state index in [9.17, 15) is 9.18 Å². The summed E-state index contributed by atoms with van der Waals surface area (Å²) in [5.74, 6) is 1.56. The van der Waals surface area contributed by atoms with E-state index >= 15 is 0 Å². The third-order valence-electron chi connectivity index (χ3n) is 6.24. The second kappa shape index (κ2) is 8.89. The molecule has 0 saturated carbocycles. The summed E-state index contributed by atoms with van der Waals surface area (Å²) in [5, 5.41) is 4.11. The van der Waals surface area contributed by atoms with E-state index in [1.165, 1.54) is 24.8 Å². The quantitative estimate of drug-likeness (QED) is 0.616. The SMILES string of the molecule is O=C(C1CCN(c2cc(-n3cncn3)ncn2)CC1)N1CCN(c2ccc(F)cc2)CC1. The minimum Gasteiger partial charge on any atom is -0.368 e. The zero-order valence-corrected chi connectivity index (χ0v) is 17.7. The zero-order chi connectivity index (χ0) is 21.9. The van der Waals surface area contributed by atoms with Crippen LogP contribution in [-0.2, 0) is 4.79 Å². The summed E-state index contributed by atoms with van der Waals surface area (Å²) in [6, 6.07) is 8.44. The van der Waals surface area contributed by atoms with Crippen LogP contribution in [0.25, 0.3) is 5.82 Å².